The Balaban J connectivity index is 2.77. The van der Waals surface area contributed by atoms with Crippen LogP contribution in [0.25, 0.3) is 0 Å². The van der Waals surface area contributed by atoms with Crippen LogP contribution in [0.2, 0.25) is 10.3 Å². The molecule has 1 aromatic heterocycles. The van der Waals surface area contributed by atoms with Crippen molar-refractivity contribution in [2.45, 2.75) is 52.4 Å². The van der Waals surface area contributed by atoms with Crippen LogP contribution in [-0.2, 0) is 12.8 Å². The van der Waals surface area contributed by atoms with Crippen molar-refractivity contribution in [3.8, 4) is 0 Å². The Bertz CT molecular complexity index is 317. The second-order valence-corrected chi connectivity index (χ2v) is 4.62. The van der Waals surface area contributed by atoms with Crippen molar-refractivity contribution in [1.82, 2.24) is 9.97 Å². The molecule has 0 atom stereocenters. The quantitative estimate of drug-likeness (QED) is 0.557. The predicted octanol–water partition coefficient (Wildman–Crippen LogP) is 4.47. The lowest BCUT2D eigenvalue weighted by Gasteiger charge is -2.07. The van der Waals surface area contributed by atoms with E-state index in [0.29, 0.717) is 10.3 Å². The van der Waals surface area contributed by atoms with Gasteiger partial charge in [0, 0.05) is 12.0 Å². The molecule has 0 saturated carbocycles. The van der Waals surface area contributed by atoms with Crippen LogP contribution >= 0.6 is 23.2 Å². The summed E-state index contributed by atoms with van der Waals surface area (Å²) in [6, 6.07) is 0. The predicted molar refractivity (Wildman–Crippen MR) is 69.3 cm³/mol. The molecule has 0 spiro atoms. The maximum Gasteiger partial charge on any atom is 0.137 e. The minimum absolute atomic E-state index is 0.527. The first-order valence-electron chi connectivity index (χ1n) is 5.89. The molecule has 1 rings (SSSR count). The molecule has 0 bridgehead atoms. The Morgan fingerprint density at radius 1 is 0.875 bits per heavy atom. The molecule has 4 heteroatoms. The lowest BCUT2D eigenvalue weighted by Crippen LogP contribution is -2.01. The standard InChI is InChI=1S/C12H18Cl2N2/c1-3-5-6-8-9-11(13)15-10(7-4-2)16-12(9)14/h3-8H2,1-2H3. The number of aryl methyl sites for hydroxylation is 1. The first-order valence-corrected chi connectivity index (χ1v) is 6.65. The van der Waals surface area contributed by atoms with E-state index in [1.807, 2.05) is 0 Å². The molecule has 0 radical (unpaired) electrons. The van der Waals surface area contributed by atoms with Crippen molar-refractivity contribution in [1.29, 1.82) is 0 Å². The highest BCUT2D eigenvalue weighted by Gasteiger charge is 2.10. The minimum atomic E-state index is 0.527. The van der Waals surface area contributed by atoms with Gasteiger partial charge in [0.1, 0.15) is 16.1 Å². The third kappa shape index (κ3) is 3.91. The zero-order valence-corrected chi connectivity index (χ0v) is 11.4. The van der Waals surface area contributed by atoms with Gasteiger partial charge in [0.05, 0.1) is 0 Å². The molecular formula is C12H18Cl2N2. The topological polar surface area (TPSA) is 25.8 Å². The number of halogens is 2. The smallest absolute Gasteiger partial charge is 0.137 e. The van der Waals surface area contributed by atoms with Crippen LogP contribution < -0.4 is 0 Å². The van der Waals surface area contributed by atoms with Crippen molar-refractivity contribution in [2.75, 3.05) is 0 Å². The molecule has 2 nitrogen and oxygen atoms in total. The van der Waals surface area contributed by atoms with Crippen molar-refractivity contribution < 1.29 is 0 Å². The monoisotopic (exact) mass is 260 g/mol. The normalized spacial score (nSPS) is 10.8. The number of nitrogens with zero attached hydrogens (tertiary/aromatic N) is 2. The molecule has 90 valence electrons. The van der Waals surface area contributed by atoms with Crippen molar-refractivity contribution in [2.24, 2.45) is 0 Å². The molecule has 1 heterocycles. The van der Waals surface area contributed by atoms with Crippen LogP contribution in [0.1, 0.15) is 50.9 Å². The van der Waals surface area contributed by atoms with Crippen LogP contribution in [0.3, 0.4) is 0 Å². The number of hydrogen-bond donors (Lipinski definition) is 0. The second kappa shape index (κ2) is 7.08. The van der Waals surface area contributed by atoms with Gasteiger partial charge in [-0.25, -0.2) is 9.97 Å². The number of rotatable bonds is 6. The highest BCUT2D eigenvalue weighted by atomic mass is 35.5. The highest BCUT2D eigenvalue weighted by Crippen LogP contribution is 2.23. The lowest BCUT2D eigenvalue weighted by atomic mass is 10.1. The second-order valence-electron chi connectivity index (χ2n) is 3.91. The van der Waals surface area contributed by atoms with E-state index in [1.165, 1.54) is 12.8 Å². The van der Waals surface area contributed by atoms with E-state index >= 15 is 0 Å². The van der Waals surface area contributed by atoms with Gasteiger partial charge in [-0.15, -0.1) is 0 Å². The van der Waals surface area contributed by atoms with Gasteiger partial charge < -0.3 is 0 Å². The van der Waals surface area contributed by atoms with Gasteiger partial charge >= 0.3 is 0 Å². The van der Waals surface area contributed by atoms with Gasteiger partial charge in [-0.2, -0.15) is 0 Å². The zero-order chi connectivity index (χ0) is 12.0. The van der Waals surface area contributed by atoms with E-state index in [2.05, 4.69) is 23.8 Å². The number of hydrogen-bond acceptors (Lipinski definition) is 2. The molecule has 1 aromatic rings. The van der Waals surface area contributed by atoms with Gasteiger partial charge in [-0.05, 0) is 19.3 Å². The Hall–Kier alpha value is -0.340. The molecule has 0 unspecified atom stereocenters. The molecule has 0 aliphatic carbocycles. The maximum absolute atomic E-state index is 6.11. The van der Waals surface area contributed by atoms with E-state index in [4.69, 9.17) is 23.2 Å². The van der Waals surface area contributed by atoms with Gasteiger partial charge in [-0.3, -0.25) is 0 Å². The summed E-state index contributed by atoms with van der Waals surface area (Å²) in [5.74, 6) is 0.747. The summed E-state index contributed by atoms with van der Waals surface area (Å²) in [6.07, 6.45) is 6.16. The van der Waals surface area contributed by atoms with E-state index in [0.717, 1.165) is 37.1 Å². The third-order valence-electron chi connectivity index (χ3n) is 2.46. The van der Waals surface area contributed by atoms with Gasteiger partial charge in [0.2, 0.25) is 0 Å². The van der Waals surface area contributed by atoms with Crippen molar-refractivity contribution in [3.63, 3.8) is 0 Å². The number of unbranched alkanes of at least 4 members (excludes halogenated alkanes) is 2. The molecule has 0 amide bonds. The Kier molecular flexibility index (Phi) is 6.07. The number of aromatic nitrogens is 2. The van der Waals surface area contributed by atoms with Gasteiger partial charge in [0.15, 0.2) is 0 Å². The molecule has 0 saturated heterocycles. The summed E-state index contributed by atoms with van der Waals surface area (Å²) < 4.78 is 0. The zero-order valence-electron chi connectivity index (χ0n) is 9.89. The molecule has 0 aromatic carbocycles. The molecule has 0 fully saturated rings. The van der Waals surface area contributed by atoms with Gasteiger partial charge in [-0.1, -0.05) is 49.9 Å². The summed E-state index contributed by atoms with van der Waals surface area (Å²) in [7, 11) is 0. The third-order valence-corrected chi connectivity index (χ3v) is 3.08. The summed E-state index contributed by atoms with van der Waals surface area (Å²) in [5, 5.41) is 1.05. The fourth-order valence-corrected chi connectivity index (χ4v) is 2.18. The fourth-order valence-electron chi connectivity index (χ4n) is 1.57. The first-order chi connectivity index (χ1) is 7.69. The average Bonchev–Trinajstić information content (AvgIpc) is 2.23. The molecule has 0 aliphatic heterocycles. The fraction of sp³-hybridized carbons (Fsp3) is 0.667. The summed E-state index contributed by atoms with van der Waals surface area (Å²) in [5.41, 5.74) is 0.900. The molecule has 0 aliphatic rings. The van der Waals surface area contributed by atoms with E-state index in [9.17, 15) is 0 Å². The van der Waals surface area contributed by atoms with Crippen LogP contribution in [0, 0.1) is 0 Å². The largest absolute Gasteiger partial charge is 0.221 e. The first kappa shape index (κ1) is 13.7. The Morgan fingerprint density at radius 3 is 2.00 bits per heavy atom. The highest BCUT2D eigenvalue weighted by molar-refractivity contribution is 6.34. The average molecular weight is 261 g/mol. The van der Waals surface area contributed by atoms with E-state index < -0.39 is 0 Å². The summed E-state index contributed by atoms with van der Waals surface area (Å²) in [4.78, 5) is 8.54. The van der Waals surface area contributed by atoms with Crippen LogP contribution in [-0.4, -0.2) is 9.97 Å². The molecular weight excluding hydrogens is 243 g/mol. The SMILES string of the molecule is CCCCCc1c(Cl)nc(CCC)nc1Cl. The lowest BCUT2D eigenvalue weighted by molar-refractivity contribution is 0.711. The summed E-state index contributed by atoms with van der Waals surface area (Å²) >= 11 is 12.2. The molecule has 0 N–H and O–H groups in total. The summed E-state index contributed by atoms with van der Waals surface area (Å²) in [6.45, 7) is 4.25. The molecule has 16 heavy (non-hydrogen) atoms. The van der Waals surface area contributed by atoms with Crippen LogP contribution in [0.5, 0.6) is 0 Å². The van der Waals surface area contributed by atoms with Crippen LogP contribution in [0.4, 0.5) is 0 Å². The Morgan fingerprint density at radius 2 is 1.50 bits per heavy atom. The van der Waals surface area contributed by atoms with E-state index in [-0.39, 0.29) is 0 Å². The van der Waals surface area contributed by atoms with Crippen molar-refractivity contribution >= 4 is 23.2 Å². The maximum atomic E-state index is 6.11. The minimum Gasteiger partial charge on any atom is -0.221 e. The van der Waals surface area contributed by atoms with Gasteiger partial charge in [0.25, 0.3) is 0 Å². The Labute approximate surface area is 107 Å². The van der Waals surface area contributed by atoms with Crippen LogP contribution in [0.15, 0.2) is 0 Å². The van der Waals surface area contributed by atoms with Crippen molar-refractivity contribution in [3.05, 3.63) is 21.7 Å². The van der Waals surface area contributed by atoms with E-state index in [1.54, 1.807) is 0 Å².